The summed E-state index contributed by atoms with van der Waals surface area (Å²) in [6.07, 6.45) is 2.91. The Labute approximate surface area is 69.1 Å². The lowest BCUT2D eigenvalue weighted by molar-refractivity contribution is 0.350. The molecule has 1 heterocycles. The van der Waals surface area contributed by atoms with Crippen molar-refractivity contribution in [2.24, 2.45) is 0 Å². The fraction of sp³-hybridized carbons (Fsp3) is 0.143. The topological polar surface area (TPSA) is 46.0 Å². The van der Waals surface area contributed by atoms with E-state index < -0.39 is 0 Å². The van der Waals surface area contributed by atoms with Crippen LogP contribution < -0.4 is 0 Å². The van der Waals surface area contributed by atoms with Crippen LogP contribution in [-0.4, -0.2) is 21.7 Å². The molecule has 0 fully saturated rings. The van der Waals surface area contributed by atoms with Crippen molar-refractivity contribution >= 4 is 11.6 Å². The number of halogens is 1. The normalized spacial score (nSPS) is 8.55. The molecule has 1 aromatic rings. The monoisotopic (exact) mass is 168 g/mol. The van der Waals surface area contributed by atoms with Crippen molar-refractivity contribution in [1.29, 1.82) is 0 Å². The lowest BCUT2D eigenvalue weighted by Crippen LogP contribution is -1.86. The van der Waals surface area contributed by atoms with Crippen molar-refractivity contribution in [3.8, 4) is 11.8 Å². The molecule has 0 aliphatic carbocycles. The van der Waals surface area contributed by atoms with Gasteiger partial charge in [0.1, 0.15) is 6.61 Å². The average molecular weight is 169 g/mol. The molecule has 0 radical (unpaired) electrons. The molecule has 1 N–H and O–H groups in total. The van der Waals surface area contributed by atoms with E-state index in [-0.39, 0.29) is 6.61 Å². The highest BCUT2D eigenvalue weighted by Gasteiger charge is 1.88. The first-order valence-corrected chi connectivity index (χ1v) is 3.28. The van der Waals surface area contributed by atoms with Crippen LogP contribution >= 0.6 is 11.6 Å². The SMILES string of the molecule is OCC#Cc1ncc(Cl)cn1. The van der Waals surface area contributed by atoms with Gasteiger partial charge in [-0.05, 0) is 5.92 Å². The summed E-state index contributed by atoms with van der Waals surface area (Å²) in [4.78, 5) is 7.58. The summed E-state index contributed by atoms with van der Waals surface area (Å²) >= 11 is 5.52. The lowest BCUT2D eigenvalue weighted by Gasteiger charge is -1.87. The van der Waals surface area contributed by atoms with Crippen molar-refractivity contribution in [1.82, 2.24) is 9.97 Å². The second kappa shape index (κ2) is 3.91. The predicted molar refractivity (Wildman–Crippen MR) is 41.0 cm³/mol. The highest BCUT2D eigenvalue weighted by Crippen LogP contribution is 2.01. The summed E-state index contributed by atoms with van der Waals surface area (Å²) in [7, 11) is 0. The molecule has 1 aromatic heterocycles. The maximum atomic E-state index is 8.33. The van der Waals surface area contributed by atoms with Crippen LogP contribution in [0.5, 0.6) is 0 Å². The summed E-state index contributed by atoms with van der Waals surface area (Å²) in [6, 6.07) is 0. The lowest BCUT2D eigenvalue weighted by atomic mass is 10.5. The van der Waals surface area contributed by atoms with Gasteiger partial charge in [0, 0.05) is 0 Å². The summed E-state index contributed by atoms with van der Waals surface area (Å²) in [5, 5.41) is 8.80. The molecule has 4 heteroatoms. The van der Waals surface area contributed by atoms with Crippen LogP contribution in [0.3, 0.4) is 0 Å². The van der Waals surface area contributed by atoms with E-state index in [0.717, 1.165) is 0 Å². The molecule has 0 aromatic carbocycles. The number of rotatable bonds is 0. The van der Waals surface area contributed by atoms with E-state index in [1.54, 1.807) is 0 Å². The second-order valence-electron chi connectivity index (χ2n) is 1.68. The van der Waals surface area contributed by atoms with Gasteiger partial charge in [-0.2, -0.15) is 0 Å². The molecule has 0 unspecified atom stereocenters. The van der Waals surface area contributed by atoms with E-state index in [1.165, 1.54) is 12.4 Å². The molecular formula is C7H5ClN2O. The van der Waals surface area contributed by atoms with Crippen LogP contribution in [0.15, 0.2) is 12.4 Å². The molecule has 0 amide bonds. The van der Waals surface area contributed by atoms with E-state index in [0.29, 0.717) is 10.8 Å². The van der Waals surface area contributed by atoms with Crippen LogP contribution in [0.1, 0.15) is 5.82 Å². The number of hydrogen-bond acceptors (Lipinski definition) is 3. The minimum atomic E-state index is -0.189. The van der Waals surface area contributed by atoms with Crippen LogP contribution in [-0.2, 0) is 0 Å². The van der Waals surface area contributed by atoms with Crippen LogP contribution in [0.2, 0.25) is 5.02 Å². The van der Waals surface area contributed by atoms with Gasteiger partial charge in [0.25, 0.3) is 0 Å². The molecule has 0 saturated carbocycles. The fourth-order valence-corrected chi connectivity index (χ4v) is 0.593. The molecule has 0 bridgehead atoms. The Morgan fingerprint density at radius 3 is 2.64 bits per heavy atom. The van der Waals surface area contributed by atoms with Crippen LogP contribution in [0.25, 0.3) is 0 Å². The van der Waals surface area contributed by atoms with E-state index >= 15 is 0 Å². The van der Waals surface area contributed by atoms with Gasteiger partial charge < -0.3 is 5.11 Å². The number of aromatic nitrogens is 2. The summed E-state index contributed by atoms with van der Waals surface area (Å²) in [5.41, 5.74) is 0. The average Bonchev–Trinajstić information content (AvgIpc) is 2.04. The maximum Gasteiger partial charge on any atom is 0.204 e. The number of nitrogens with zero attached hydrogens (tertiary/aromatic N) is 2. The first-order valence-electron chi connectivity index (χ1n) is 2.90. The summed E-state index contributed by atoms with van der Waals surface area (Å²) in [6.45, 7) is -0.189. The first-order chi connectivity index (χ1) is 5.33. The van der Waals surface area contributed by atoms with Crippen molar-refractivity contribution in [2.45, 2.75) is 0 Å². The van der Waals surface area contributed by atoms with Crippen molar-refractivity contribution in [3.05, 3.63) is 23.2 Å². The molecule has 0 spiro atoms. The molecule has 0 saturated heterocycles. The fourth-order valence-electron chi connectivity index (χ4n) is 0.495. The Balaban J connectivity index is 2.82. The Morgan fingerprint density at radius 2 is 2.09 bits per heavy atom. The van der Waals surface area contributed by atoms with Crippen LogP contribution in [0, 0.1) is 11.8 Å². The zero-order chi connectivity index (χ0) is 8.10. The third-order valence-corrected chi connectivity index (χ3v) is 1.09. The molecule has 0 aliphatic rings. The van der Waals surface area contributed by atoms with Crippen molar-refractivity contribution < 1.29 is 5.11 Å². The van der Waals surface area contributed by atoms with Gasteiger partial charge in [0.05, 0.1) is 17.4 Å². The second-order valence-corrected chi connectivity index (χ2v) is 2.12. The van der Waals surface area contributed by atoms with Gasteiger partial charge in [0.15, 0.2) is 0 Å². The Morgan fingerprint density at radius 1 is 1.45 bits per heavy atom. The number of hydrogen-bond donors (Lipinski definition) is 1. The molecule has 0 aliphatic heterocycles. The Bertz CT molecular complexity index is 286. The van der Waals surface area contributed by atoms with Gasteiger partial charge in [-0.3, -0.25) is 0 Å². The van der Waals surface area contributed by atoms with E-state index in [4.69, 9.17) is 16.7 Å². The van der Waals surface area contributed by atoms with Crippen molar-refractivity contribution in [3.63, 3.8) is 0 Å². The van der Waals surface area contributed by atoms with E-state index in [9.17, 15) is 0 Å². The van der Waals surface area contributed by atoms with E-state index in [2.05, 4.69) is 21.8 Å². The smallest absolute Gasteiger partial charge is 0.204 e. The Kier molecular flexibility index (Phi) is 2.84. The van der Waals surface area contributed by atoms with Gasteiger partial charge >= 0.3 is 0 Å². The number of aliphatic hydroxyl groups excluding tert-OH is 1. The highest BCUT2D eigenvalue weighted by molar-refractivity contribution is 6.30. The molecular weight excluding hydrogens is 164 g/mol. The largest absolute Gasteiger partial charge is 0.384 e. The third-order valence-electron chi connectivity index (χ3n) is 0.900. The van der Waals surface area contributed by atoms with Crippen molar-refractivity contribution in [2.75, 3.05) is 6.61 Å². The first kappa shape index (κ1) is 7.99. The van der Waals surface area contributed by atoms with Gasteiger partial charge in [-0.15, -0.1) is 0 Å². The third kappa shape index (κ3) is 2.54. The Hall–Kier alpha value is -1.11. The summed E-state index contributed by atoms with van der Waals surface area (Å²) in [5.74, 6) is 5.33. The maximum absolute atomic E-state index is 8.33. The summed E-state index contributed by atoms with van der Waals surface area (Å²) < 4.78 is 0. The quantitative estimate of drug-likeness (QED) is 0.573. The van der Waals surface area contributed by atoms with Gasteiger partial charge in [-0.1, -0.05) is 17.5 Å². The minimum absolute atomic E-state index is 0.189. The van der Waals surface area contributed by atoms with Gasteiger partial charge in [0.2, 0.25) is 5.82 Å². The minimum Gasteiger partial charge on any atom is -0.384 e. The molecule has 56 valence electrons. The zero-order valence-electron chi connectivity index (χ0n) is 5.58. The highest BCUT2D eigenvalue weighted by atomic mass is 35.5. The molecule has 3 nitrogen and oxygen atoms in total. The van der Waals surface area contributed by atoms with E-state index in [1.807, 2.05) is 0 Å². The molecule has 0 atom stereocenters. The van der Waals surface area contributed by atoms with Gasteiger partial charge in [-0.25, -0.2) is 9.97 Å². The zero-order valence-corrected chi connectivity index (χ0v) is 6.34. The predicted octanol–water partition coefficient (Wildman–Crippen LogP) is 0.474. The standard InChI is InChI=1S/C7H5ClN2O/c8-6-4-9-7(10-5-6)2-1-3-11/h4-5,11H,3H2. The molecule has 1 rings (SSSR count). The molecule has 11 heavy (non-hydrogen) atoms. The number of aliphatic hydroxyl groups is 1. The van der Waals surface area contributed by atoms with Crippen LogP contribution in [0.4, 0.5) is 0 Å².